The van der Waals surface area contributed by atoms with Crippen molar-refractivity contribution in [3.63, 3.8) is 0 Å². The van der Waals surface area contributed by atoms with E-state index < -0.39 is 24.1 Å². The van der Waals surface area contributed by atoms with Gasteiger partial charge in [0.1, 0.15) is 18.8 Å². The van der Waals surface area contributed by atoms with Crippen LogP contribution >= 0.6 is 0 Å². The number of anilines is 1. The van der Waals surface area contributed by atoms with Crippen molar-refractivity contribution in [3.05, 3.63) is 89.2 Å². The molecular formula is C25H21FN4O4. The quantitative estimate of drug-likeness (QED) is 0.287. The first-order chi connectivity index (χ1) is 16.5. The summed E-state index contributed by atoms with van der Waals surface area (Å²) in [6.07, 6.45) is 0.857. The second-order valence-corrected chi connectivity index (χ2v) is 6.97. The third-order valence-electron chi connectivity index (χ3n) is 4.58. The van der Waals surface area contributed by atoms with Gasteiger partial charge in [-0.05, 0) is 42.0 Å². The third kappa shape index (κ3) is 6.64. The molecule has 0 aliphatic carbocycles. The predicted octanol–water partition coefficient (Wildman–Crippen LogP) is 3.76. The Bertz CT molecular complexity index is 1250. The van der Waals surface area contributed by atoms with Crippen LogP contribution in [0.4, 0.5) is 10.1 Å². The number of halogens is 1. The molecule has 0 atom stereocenters. The van der Waals surface area contributed by atoms with E-state index in [2.05, 4.69) is 21.9 Å². The largest absolute Gasteiger partial charge is 0.493 e. The minimum Gasteiger partial charge on any atom is -0.493 e. The summed E-state index contributed by atoms with van der Waals surface area (Å²) in [4.78, 5) is 23.8. The zero-order valence-corrected chi connectivity index (χ0v) is 18.2. The van der Waals surface area contributed by atoms with Crippen molar-refractivity contribution in [3.8, 4) is 17.6 Å². The van der Waals surface area contributed by atoms with Crippen LogP contribution in [0.1, 0.15) is 23.1 Å². The summed E-state index contributed by atoms with van der Waals surface area (Å²) in [5.74, 6) is -1.01. The van der Waals surface area contributed by atoms with Crippen LogP contribution in [0.3, 0.4) is 0 Å². The average molecular weight is 460 g/mol. The molecule has 0 heterocycles. The van der Waals surface area contributed by atoms with Gasteiger partial charge in [0.2, 0.25) is 11.8 Å². The highest BCUT2D eigenvalue weighted by molar-refractivity contribution is 6.03. The molecule has 0 fully saturated rings. The number of nitrogens with one attached hydrogen (secondary N) is 2. The highest BCUT2D eigenvalue weighted by Gasteiger charge is 2.11. The van der Waals surface area contributed by atoms with Crippen molar-refractivity contribution in [2.75, 3.05) is 12.4 Å². The van der Waals surface area contributed by atoms with Gasteiger partial charge in [0.15, 0.2) is 11.5 Å². The van der Waals surface area contributed by atoms with Crippen molar-refractivity contribution >= 4 is 23.7 Å². The number of para-hydroxylation sites is 1. The van der Waals surface area contributed by atoms with Crippen LogP contribution in [-0.4, -0.2) is 25.1 Å². The summed E-state index contributed by atoms with van der Waals surface area (Å²) in [5, 5.41) is 15.3. The molecule has 3 aromatic carbocycles. The van der Waals surface area contributed by atoms with Crippen molar-refractivity contribution in [1.82, 2.24) is 5.43 Å². The number of benzene rings is 3. The van der Waals surface area contributed by atoms with Gasteiger partial charge >= 0.3 is 0 Å². The zero-order valence-electron chi connectivity index (χ0n) is 18.2. The average Bonchev–Trinajstić information content (AvgIpc) is 2.84. The number of hydrogen-bond acceptors (Lipinski definition) is 6. The van der Waals surface area contributed by atoms with Crippen molar-refractivity contribution in [1.29, 1.82) is 5.26 Å². The van der Waals surface area contributed by atoms with E-state index in [1.807, 2.05) is 12.1 Å². The SMILES string of the molecule is COc1cc(C=NNC(=O)CC(=O)Nc2ccccc2F)ccc1OCc1ccccc1C#N. The number of rotatable bonds is 9. The smallest absolute Gasteiger partial charge is 0.249 e. The van der Waals surface area contributed by atoms with E-state index in [9.17, 15) is 19.2 Å². The molecule has 172 valence electrons. The number of ether oxygens (including phenoxy) is 2. The lowest BCUT2D eigenvalue weighted by Crippen LogP contribution is -2.24. The molecule has 0 aromatic heterocycles. The zero-order chi connectivity index (χ0) is 24.3. The number of nitrogens with zero attached hydrogens (tertiary/aromatic N) is 2. The number of methoxy groups -OCH3 is 1. The Hall–Kier alpha value is -4.71. The van der Waals surface area contributed by atoms with E-state index >= 15 is 0 Å². The fraction of sp³-hybridized carbons (Fsp3) is 0.120. The monoisotopic (exact) mass is 460 g/mol. The molecule has 0 spiro atoms. The van der Waals surface area contributed by atoms with Crippen LogP contribution in [-0.2, 0) is 16.2 Å². The predicted molar refractivity (Wildman–Crippen MR) is 124 cm³/mol. The Morgan fingerprint density at radius 2 is 1.82 bits per heavy atom. The maximum absolute atomic E-state index is 13.6. The molecule has 2 amide bonds. The van der Waals surface area contributed by atoms with Gasteiger partial charge in [0, 0.05) is 5.56 Å². The van der Waals surface area contributed by atoms with Crippen molar-refractivity contribution in [2.24, 2.45) is 5.10 Å². The maximum Gasteiger partial charge on any atom is 0.249 e. The molecule has 3 rings (SSSR count). The molecule has 0 saturated heterocycles. The van der Waals surface area contributed by atoms with Gasteiger partial charge in [0.25, 0.3) is 0 Å². The Morgan fingerprint density at radius 3 is 2.59 bits per heavy atom. The molecule has 0 bridgehead atoms. The third-order valence-corrected chi connectivity index (χ3v) is 4.58. The van der Waals surface area contributed by atoms with E-state index in [1.165, 1.54) is 31.5 Å². The lowest BCUT2D eigenvalue weighted by Gasteiger charge is -2.12. The number of carbonyl (C=O) groups excluding carboxylic acids is 2. The van der Waals surface area contributed by atoms with Gasteiger partial charge in [-0.2, -0.15) is 10.4 Å². The molecule has 2 N–H and O–H groups in total. The van der Waals surface area contributed by atoms with Crippen molar-refractivity contribution < 1.29 is 23.5 Å². The van der Waals surface area contributed by atoms with Gasteiger partial charge in [-0.15, -0.1) is 0 Å². The van der Waals surface area contributed by atoms with Gasteiger partial charge in [-0.25, -0.2) is 9.82 Å². The molecule has 0 unspecified atom stereocenters. The molecule has 0 saturated carbocycles. The first kappa shape index (κ1) is 23.9. The van der Waals surface area contributed by atoms with Crippen LogP contribution in [0.25, 0.3) is 0 Å². The Morgan fingerprint density at radius 1 is 1.06 bits per heavy atom. The first-order valence-corrected chi connectivity index (χ1v) is 10.1. The highest BCUT2D eigenvalue weighted by Crippen LogP contribution is 2.28. The fourth-order valence-corrected chi connectivity index (χ4v) is 2.92. The summed E-state index contributed by atoms with van der Waals surface area (Å²) >= 11 is 0. The highest BCUT2D eigenvalue weighted by atomic mass is 19.1. The lowest BCUT2D eigenvalue weighted by molar-refractivity contribution is -0.126. The molecular weight excluding hydrogens is 439 g/mol. The number of hydrazone groups is 1. The van der Waals surface area contributed by atoms with Crippen LogP contribution in [0.15, 0.2) is 71.8 Å². The van der Waals surface area contributed by atoms with E-state index in [0.29, 0.717) is 22.6 Å². The van der Waals surface area contributed by atoms with E-state index in [4.69, 9.17) is 9.47 Å². The maximum atomic E-state index is 13.6. The van der Waals surface area contributed by atoms with Gasteiger partial charge < -0.3 is 14.8 Å². The second kappa shape index (κ2) is 11.8. The summed E-state index contributed by atoms with van der Waals surface area (Å²) in [5.41, 5.74) is 4.13. The second-order valence-electron chi connectivity index (χ2n) is 6.97. The van der Waals surface area contributed by atoms with Crippen LogP contribution in [0, 0.1) is 17.1 Å². The van der Waals surface area contributed by atoms with E-state index in [-0.39, 0.29) is 12.3 Å². The summed E-state index contributed by atoms with van der Waals surface area (Å²) in [6, 6.07) is 20.0. The van der Waals surface area contributed by atoms with E-state index in [1.54, 1.807) is 36.4 Å². The summed E-state index contributed by atoms with van der Waals surface area (Å²) in [7, 11) is 1.49. The summed E-state index contributed by atoms with van der Waals surface area (Å²) < 4.78 is 24.7. The number of nitriles is 1. The fourth-order valence-electron chi connectivity index (χ4n) is 2.92. The molecule has 0 aliphatic heterocycles. The molecule has 0 aliphatic rings. The van der Waals surface area contributed by atoms with Gasteiger partial charge in [-0.3, -0.25) is 9.59 Å². The standard InChI is InChI=1S/C25H21FN4O4/c1-33-23-12-17(10-11-22(23)34-16-19-7-3-2-6-18(19)14-27)15-28-30-25(32)13-24(31)29-21-9-5-4-8-20(21)26/h2-12,15H,13,16H2,1H3,(H,29,31)(H,30,32). The first-order valence-electron chi connectivity index (χ1n) is 10.1. The lowest BCUT2D eigenvalue weighted by atomic mass is 10.1. The molecule has 8 nitrogen and oxygen atoms in total. The molecule has 9 heteroatoms. The van der Waals surface area contributed by atoms with Gasteiger partial charge in [-0.1, -0.05) is 30.3 Å². The minimum atomic E-state index is -0.668. The van der Waals surface area contributed by atoms with E-state index in [0.717, 1.165) is 5.56 Å². The van der Waals surface area contributed by atoms with Gasteiger partial charge in [0.05, 0.1) is 30.6 Å². The topological polar surface area (TPSA) is 113 Å². The Labute approximate surface area is 195 Å². The summed E-state index contributed by atoms with van der Waals surface area (Å²) in [6.45, 7) is 0.193. The minimum absolute atomic E-state index is 0.00526. The Balaban J connectivity index is 1.54. The van der Waals surface area contributed by atoms with Crippen LogP contribution in [0.2, 0.25) is 0 Å². The molecule has 34 heavy (non-hydrogen) atoms. The van der Waals surface area contributed by atoms with Crippen LogP contribution < -0.4 is 20.2 Å². The van der Waals surface area contributed by atoms with Crippen molar-refractivity contribution in [2.45, 2.75) is 13.0 Å². The molecule has 3 aromatic rings. The number of hydrogen-bond donors (Lipinski definition) is 2. The molecule has 0 radical (unpaired) electrons. The Kier molecular flexibility index (Phi) is 8.30. The number of amides is 2. The normalized spacial score (nSPS) is 10.4. The number of carbonyl (C=O) groups is 2. The van der Waals surface area contributed by atoms with Crippen LogP contribution in [0.5, 0.6) is 11.5 Å².